The Morgan fingerprint density at radius 2 is 1.66 bits per heavy atom. The molecule has 0 spiro atoms. The summed E-state index contributed by atoms with van der Waals surface area (Å²) in [6.07, 6.45) is 16.3. The molecule has 3 fully saturated rings. The number of hydrogen-bond acceptors (Lipinski definition) is 8. The molecule has 2 heterocycles. The van der Waals surface area contributed by atoms with Crippen LogP contribution in [0.3, 0.4) is 0 Å². The van der Waals surface area contributed by atoms with Crippen molar-refractivity contribution in [3.05, 3.63) is 54.0 Å². The predicted octanol–water partition coefficient (Wildman–Crippen LogP) is 5.71. The third kappa shape index (κ3) is 20.9. The number of nitrogens with zero attached hydrogens (tertiary/aromatic N) is 2. The third-order valence-electron chi connectivity index (χ3n) is 6.85. The summed E-state index contributed by atoms with van der Waals surface area (Å²) in [5.41, 5.74) is -0.672. The molecule has 1 saturated heterocycles. The number of likely N-dealkylation sites (N-methyl/N-ethyl adjacent to an activating group) is 1. The van der Waals surface area contributed by atoms with Crippen molar-refractivity contribution in [2.75, 3.05) is 27.2 Å². The quantitative estimate of drug-likeness (QED) is 0.175. The van der Waals surface area contributed by atoms with Crippen molar-refractivity contribution < 1.29 is 32.9 Å². The first kappa shape index (κ1) is 50.5. The molecular weight excluding hydrogens is 699 g/mol. The van der Waals surface area contributed by atoms with Crippen LogP contribution in [0.4, 0.5) is 4.79 Å². The Labute approximate surface area is 319 Å². The minimum atomic E-state index is -1.08. The molecule has 14 heteroatoms. The lowest BCUT2D eigenvalue weighted by Crippen LogP contribution is -2.50. The van der Waals surface area contributed by atoms with E-state index in [-0.39, 0.29) is 35.2 Å². The van der Waals surface area contributed by atoms with E-state index in [4.69, 9.17) is 9.47 Å². The molecule has 2 saturated carbocycles. The molecule has 2 aromatic rings. The normalized spacial score (nSPS) is 15.5. The fraction of sp³-hybridized carbons (Fsp3) is 0.564. The second-order valence-corrected chi connectivity index (χ2v) is 14.1. The fourth-order valence-corrected chi connectivity index (χ4v) is 5.14. The van der Waals surface area contributed by atoms with E-state index < -0.39 is 28.7 Å². The smallest absolute Gasteiger partial charge is 0.410 e. The number of carbonyl (C=O) groups is 4. The Balaban J connectivity index is 0. The number of nitrogens with one attached hydrogen (secondary N) is 3. The average molecular weight is 762 g/mol. The summed E-state index contributed by atoms with van der Waals surface area (Å²) >= 11 is 0. The molecule has 53 heavy (non-hydrogen) atoms. The topological polar surface area (TPSA) is 167 Å². The van der Waals surface area contributed by atoms with Gasteiger partial charge in [-0.2, -0.15) is 0 Å². The van der Waals surface area contributed by atoms with Crippen molar-refractivity contribution in [3.63, 3.8) is 0 Å². The van der Waals surface area contributed by atoms with Crippen molar-refractivity contribution in [3.8, 4) is 18.6 Å². The lowest BCUT2D eigenvalue weighted by Gasteiger charge is -2.28. The second kappa shape index (κ2) is 27.9. The summed E-state index contributed by atoms with van der Waals surface area (Å²) in [5.74, 6) is 0.475. The first-order valence-corrected chi connectivity index (χ1v) is 19.1. The molecule has 0 radical (unpaired) electrons. The molecule has 4 amide bonds. The Bertz CT molecular complexity index is 1480. The molecule has 1 unspecified atom stereocenters. The first-order valence-electron chi connectivity index (χ1n) is 17.9. The number of ether oxygens (including phenoxy) is 2. The minimum Gasteiger partial charge on any atom is -0.497 e. The number of fused-ring (bicyclic) bond motifs is 1. The Morgan fingerprint density at radius 1 is 1.08 bits per heavy atom. The zero-order valence-corrected chi connectivity index (χ0v) is 34.0. The van der Waals surface area contributed by atoms with Gasteiger partial charge < -0.3 is 29.6 Å². The number of carbonyl (C=O) groups excluding carboxylic acids is 4. The summed E-state index contributed by atoms with van der Waals surface area (Å²) in [6, 6.07) is 7.09. The van der Waals surface area contributed by atoms with E-state index >= 15 is 0 Å². The SMILES string of the molecule is C#C.C=C.CC.CCC.CN(CC(=O)N1CCC[C@H]1C(=O)NC1CC1)C(=O)OC(C)(C)C.COc1ccc2c(=O)[nH]ccc2c1.O=CNS(=O)C1CC1. The van der Waals surface area contributed by atoms with Crippen LogP contribution >= 0.6 is 0 Å². The molecule has 1 aromatic carbocycles. The highest BCUT2D eigenvalue weighted by Gasteiger charge is 2.37. The van der Waals surface area contributed by atoms with Crippen LogP contribution in [-0.4, -0.2) is 93.5 Å². The summed E-state index contributed by atoms with van der Waals surface area (Å²) in [5, 5.41) is 4.78. The van der Waals surface area contributed by atoms with Crippen molar-refractivity contribution in [1.82, 2.24) is 24.8 Å². The van der Waals surface area contributed by atoms with E-state index in [2.05, 4.69) is 54.9 Å². The molecule has 5 rings (SSSR count). The zero-order valence-electron chi connectivity index (χ0n) is 33.2. The van der Waals surface area contributed by atoms with Crippen LogP contribution < -0.4 is 20.3 Å². The van der Waals surface area contributed by atoms with Crippen molar-refractivity contribution >= 4 is 46.1 Å². The van der Waals surface area contributed by atoms with Crippen molar-refractivity contribution in [2.45, 2.75) is 116 Å². The molecule has 2 atom stereocenters. The Hall–Kier alpha value is -4.64. The highest BCUT2D eigenvalue weighted by molar-refractivity contribution is 7.84. The maximum Gasteiger partial charge on any atom is 0.410 e. The van der Waals surface area contributed by atoms with Gasteiger partial charge in [0, 0.05) is 31.2 Å². The summed E-state index contributed by atoms with van der Waals surface area (Å²) in [6.45, 7) is 20.1. The van der Waals surface area contributed by atoms with Crippen LogP contribution in [0.1, 0.15) is 93.4 Å². The molecule has 3 N–H and O–H groups in total. The molecule has 298 valence electrons. The number of rotatable bonds is 8. The van der Waals surface area contributed by atoms with E-state index in [1.165, 1.54) is 18.4 Å². The van der Waals surface area contributed by atoms with Gasteiger partial charge in [0.15, 0.2) is 0 Å². The molecule has 1 aliphatic heterocycles. The molecule has 3 aliphatic rings. The van der Waals surface area contributed by atoms with E-state index in [0.717, 1.165) is 43.2 Å². The van der Waals surface area contributed by atoms with Crippen LogP contribution in [0.15, 0.2) is 48.4 Å². The molecule has 0 bridgehead atoms. The van der Waals surface area contributed by atoms with Gasteiger partial charge in [0.25, 0.3) is 5.56 Å². The molecular formula is C39H63N5O8S. The van der Waals surface area contributed by atoms with E-state index in [1.807, 2.05) is 26.0 Å². The Kier molecular flexibility index (Phi) is 26.6. The van der Waals surface area contributed by atoms with E-state index in [1.54, 1.807) is 51.1 Å². The van der Waals surface area contributed by atoms with Crippen LogP contribution in [-0.2, 0) is 30.1 Å². The number of likely N-dealkylation sites (tertiary alicyclic amines) is 1. The van der Waals surface area contributed by atoms with Gasteiger partial charge in [0.2, 0.25) is 18.2 Å². The highest BCUT2D eigenvalue weighted by Crippen LogP contribution is 2.24. The van der Waals surface area contributed by atoms with Crippen LogP contribution in [0, 0.1) is 12.8 Å². The van der Waals surface area contributed by atoms with Gasteiger partial charge in [0.05, 0.1) is 12.4 Å². The lowest BCUT2D eigenvalue weighted by atomic mass is 10.2. The number of pyridine rings is 1. The lowest BCUT2D eigenvalue weighted by molar-refractivity contribution is -0.139. The van der Waals surface area contributed by atoms with Gasteiger partial charge in [-0.05, 0) is 88.9 Å². The molecule has 2 aliphatic carbocycles. The largest absolute Gasteiger partial charge is 0.497 e. The number of aromatic amines is 1. The number of amides is 4. The maximum absolute atomic E-state index is 12.4. The number of methoxy groups -OCH3 is 1. The maximum atomic E-state index is 12.4. The van der Waals surface area contributed by atoms with Gasteiger partial charge in [-0.1, -0.05) is 34.1 Å². The first-order chi connectivity index (χ1) is 25.2. The molecule has 1 aromatic heterocycles. The number of terminal acetylenes is 1. The number of aromatic nitrogens is 1. The summed E-state index contributed by atoms with van der Waals surface area (Å²) in [4.78, 5) is 63.0. The van der Waals surface area contributed by atoms with E-state index in [9.17, 15) is 28.2 Å². The second-order valence-electron chi connectivity index (χ2n) is 12.6. The molecule has 13 nitrogen and oxygen atoms in total. The highest BCUT2D eigenvalue weighted by atomic mass is 32.2. The monoisotopic (exact) mass is 761 g/mol. The van der Waals surface area contributed by atoms with Gasteiger partial charge in [-0.15, -0.1) is 26.0 Å². The van der Waals surface area contributed by atoms with Crippen LogP contribution in [0.25, 0.3) is 10.8 Å². The van der Waals surface area contributed by atoms with Crippen LogP contribution in [0.2, 0.25) is 0 Å². The predicted molar refractivity (Wildman–Crippen MR) is 215 cm³/mol. The minimum absolute atomic E-state index is 0.0693. The Morgan fingerprint density at radius 3 is 2.15 bits per heavy atom. The number of benzene rings is 1. The van der Waals surface area contributed by atoms with E-state index in [0.29, 0.717) is 24.8 Å². The standard InChI is InChI=1S/C16H27N3O4.C10H9NO2.C4H7NO2S.C3H8.C2H6.C2H4.C2H2/c1-16(2,3)23-15(22)18(4)10-13(20)19-9-5-6-12(19)14(21)17-11-7-8-11;1-13-8-2-3-9-7(6-8)4-5-11-10(9)12;6-3-5-8(7)4-1-2-4;1-3-2;3*1-2/h11-12H,5-10H2,1-4H3,(H,17,21);2-6H,1H3,(H,11,12);3-4H,1-2H2,(H,5,6);3H2,1-2H3;1-2H3;1-2H2;1-2H/t12-;;;;;;/m0....../s1. The number of H-pyrrole nitrogens is 1. The zero-order chi connectivity index (χ0) is 41.1. The van der Waals surface area contributed by atoms with Crippen molar-refractivity contribution in [1.29, 1.82) is 0 Å². The van der Waals surface area contributed by atoms with Crippen LogP contribution in [0.5, 0.6) is 5.75 Å². The van der Waals surface area contributed by atoms with Gasteiger partial charge in [-0.25, -0.2) is 9.00 Å². The van der Waals surface area contributed by atoms with Gasteiger partial charge in [-0.3, -0.25) is 23.9 Å². The average Bonchev–Trinajstić information content (AvgIpc) is 4.09. The summed E-state index contributed by atoms with van der Waals surface area (Å²) < 4.78 is 23.1. The summed E-state index contributed by atoms with van der Waals surface area (Å²) in [7, 11) is 2.06. The third-order valence-corrected chi connectivity index (χ3v) is 8.25. The van der Waals surface area contributed by atoms with Gasteiger partial charge >= 0.3 is 6.09 Å². The van der Waals surface area contributed by atoms with Crippen molar-refractivity contribution in [2.24, 2.45) is 0 Å². The van der Waals surface area contributed by atoms with Gasteiger partial charge in [0.1, 0.15) is 34.9 Å². The fourth-order valence-electron chi connectivity index (χ4n) is 4.28. The number of hydrogen-bond donors (Lipinski definition) is 3.